The summed E-state index contributed by atoms with van der Waals surface area (Å²) < 4.78 is 10.1. The van der Waals surface area contributed by atoms with Crippen LogP contribution in [0.4, 0.5) is 5.00 Å². The Morgan fingerprint density at radius 2 is 1.90 bits per heavy atom. The van der Waals surface area contributed by atoms with Crippen molar-refractivity contribution < 1.29 is 18.8 Å². The van der Waals surface area contributed by atoms with E-state index in [4.69, 9.17) is 9.26 Å². The zero-order chi connectivity index (χ0) is 20.4. The number of carbonyl (C=O) groups excluding carboxylic acids is 2. The first-order chi connectivity index (χ1) is 14.1. The van der Waals surface area contributed by atoms with Crippen molar-refractivity contribution in [1.82, 2.24) is 10.1 Å². The van der Waals surface area contributed by atoms with Crippen molar-refractivity contribution in [1.29, 1.82) is 0 Å². The summed E-state index contributed by atoms with van der Waals surface area (Å²) >= 11 is 1.48. The van der Waals surface area contributed by atoms with Gasteiger partial charge in [-0.15, -0.1) is 11.3 Å². The van der Waals surface area contributed by atoms with Gasteiger partial charge in [0.05, 0.1) is 12.7 Å². The smallest absolute Gasteiger partial charge is 0.341 e. The van der Waals surface area contributed by atoms with Gasteiger partial charge in [-0.25, -0.2) is 4.79 Å². The summed E-state index contributed by atoms with van der Waals surface area (Å²) in [6.07, 6.45) is 5.05. The molecule has 1 N–H and O–H groups in total. The van der Waals surface area contributed by atoms with Crippen LogP contribution < -0.4 is 5.32 Å². The van der Waals surface area contributed by atoms with Gasteiger partial charge in [-0.3, -0.25) is 4.79 Å². The van der Waals surface area contributed by atoms with Crippen molar-refractivity contribution in [2.24, 2.45) is 0 Å². The Morgan fingerprint density at radius 1 is 1.14 bits per heavy atom. The number of hydrogen-bond donors (Lipinski definition) is 1. The Labute approximate surface area is 172 Å². The number of carbonyl (C=O) groups is 2. The van der Waals surface area contributed by atoms with E-state index in [0.29, 0.717) is 27.8 Å². The molecule has 8 heteroatoms. The first-order valence-electron chi connectivity index (χ1n) is 9.51. The van der Waals surface area contributed by atoms with Crippen LogP contribution in [-0.2, 0) is 17.6 Å². The Balaban J connectivity index is 1.59. The number of rotatable bonds is 4. The molecule has 0 fully saturated rings. The van der Waals surface area contributed by atoms with E-state index in [1.54, 1.807) is 31.2 Å². The van der Waals surface area contributed by atoms with E-state index in [9.17, 15) is 9.59 Å². The number of esters is 1. The maximum atomic E-state index is 12.8. The summed E-state index contributed by atoms with van der Waals surface area (Å²) in [5.41, 5.74) is 2.74. The minimum Gasteiger partial charge on any atom is -0.465 e. The zero-order valence-electron chi connectivity index (χ0n) is 16.3. The Kier molecular flexibility index (Phi) is 5.44. The summed E-state index contributed by atoms with van der Waals surface area (Å²) in [7, 11) is 1.37. The molecule has 0 spiro atoms. The minimum atomic E-state index is -0.401. The normalized spacial score (nSPS) is 13.4. The number of ether oxygens (including phenoxy) is 1. The molecule has 0 radical (unpaired) electrons. The van der Waals surface area contributed by atoms with E-state index in [1.165, 1.54) is 23.3 Å². The van der Waals surface area contributed by atoms with Crippen LogP contribution in [0, 0.1) is 6.92 Å². The van der Waals surface area contributed by atoms with E-state index < -0.39 is 5.97 Å². The molecule has 3 aromatic rings. The number of benzene rings is 1. The van der Waals surface area contributed by atoms with Crippen LogP contribution in [0.5, 0.6) is 0 Å². The highest BCUT2D eigenvalue weighted by Gasteiger charge is 2.26. The molecule has 0 bridgehead atoms. The maximum Gasteiger partial charge on any atom is 0.341 e. The van der Waals surface area contributed by atoms with Crippen molar-refractivity contribution in [2.75, 3.05) is 12.4 Å². The first kappa shape index (κ1) is 19.3. The number of nitrogens with one attached hydrogen (secondary N) is 1. The summed E-state index contributed by atoms with van der Waals surface area (Å²) in [6, 6.07) is 6.90. The predicted octanol–water partition coefficient (Wildman–Crippen LogP) is 4.41. The van der Waals surface area contributed by atoms with Gasteiger partial charge >= 0.3 is 5.97 Å². The molecule has 1 aliphatic rings. The monoisotopic (exact) mass is 411 g/mol. The van der Waals surface area contributed by atoms with Crippen LogP contribution in [0.2, 0.25) is 0 Å². The third-order valence-electron chi connectivity index (χ3n) is 4.96. The largest absolute Gasteiger partial charge is 0.465 e. The second kappa shape index (κ2) is 8.16. The number of hydrogen-bond acceptors (Lipinski definition) is 7. The van der Waals surface area contributed by atoms with Crippen LogP contribution >= 0.6 is 11.3 Å². The number of anilines is 1. The van der Waals surface area contributed by atoms with E-state index in [-0.39, 0.29) is 5.91 Å². The van der Waals surface area contributed by atoms with E-state index in [1.807, 2.05) is 0 Å². The Morgan fingerprint density at radius 3 is 2.59 bits per heavy atom. The average molecular weight is 411 g/mol. The molecule has 0 saturated heterocycles. The van der Waals surface area contributed by atoms with Gasteiger partial charge in [-0.05, 0) is 62.4 Å². The Hall–Kier alpha value is -3.00. The van der Waals surface area contributed by atoms with Crippen LogP contribution in [0.15, 0.2) is 28.8 Å². The van der Waals surface area contributed by atoms with Gasteiger partial charge in [-0.2, -0.15) is 4.98 Å². The second-order valence-electron chi connectivity index (χ2n) is 6.94. The maximum absolute atomic E-state index is 12.8. The summed E-state index contributed by atoms with van der Waals surface area (Å²) in [5.74, 6) is 0.278. The zero-order valence-corrected chi connectivity index (χ0v) is 17.1. The van der Waals surface area contributed by atoms with E-state index in [0.717, 1.165) is 43.2 Å². The number of amides is 1. The van der Waals surface area contributed by atoms with Gasteiger partial charge in [0, 0.05) is 16.0 Å². The molecule has 0 aliphatic heterocycles. The average Bonchev–Trinajstić information content (AvgIpc) is 3.23. The van der Waals surface area contributed by atoms with Gasteiger partial charge in [0.25, 0.3) is 11.8 Å². The van der Waals surface area contributed by atoms with Crippen LogP contribution in [0.25, 0.3) is 11.5 Å². The first-order valence-corrected chi connectivity index (χ1v) is 10.3. The lowest BCUT2D eigenvalue weighted by Crippen LogP contribution is -2.14. The second-order valence-corrected chi connectivity index (χ2v) is 8.04. The quantitative estimate of drug-likeness (QED) is 0.505. The van der Waals surface area contributed by atoms with Crippen molar-refractivity contribution in [3.8, 4) is 11.5 Å². The van der Waals surface area contributed by atoms with Crippen LogP contribution in [0.3, 0.4) is 0 Å². The van der Waals surface area contributed by atoms with Crippen molar-refractivity contribution >= 4 is 28.2 Å². The molecule has 0 atom stereocenters. The highest BCUT2D eigenvalue weighted by atomic mass is 32.1. The van der Waals surface area contributed by atoms with E-state index >= 15 is 0 Å². The molecule has 29 heavy (non-hydrogen) atoms. The van der Waals surface area contributed by atoms with Gasteiger partial charge in [0.1, 0.15) is 5.00 Å². The van der Waals surface area contributed by atoms with Gasteiger partial charge < -0.3 is 14.6 Å². The summed E-state index contributed by atoms with van der Waals surface area (Å²) in [6.45, 7) is 1.75. The van der Waals surface area contributed by atoms with Crippen molar-refractivity contribution in [3.05, 3.63) is 51.7 Å². The van der Waals surface area contributed by atoms with Crippen molar-refractivity contribution in [3.63, 3.8) is 0 Å². The SMILES string of the molecule is COC(=O)c1c(NC(=O)c2ccc(-c3nc(C)no3)cc2)sc2c1CCCCC2. The standard InChI is InChI=1S/C21H21N3O4S/c1-12-22-19(28-24-12)14-10-8-13(9-11-14)18(25)23-20-17(21(26)27-2)15-6-4-3-5-7-16(15)29-20/h8-11H,3-7H2,1-2H3,(H,23,25). The summed E-state index contributed by atoms with van der Waals surface area (Å²) in [4.78, 5) is 30.6. The molecule has 4 rings (SSSR count). The lowest BCUT2D eigenvalue weighted by Gasteiger charge is -2.08. The fourth-order valence-electron chi connectivity index (χ4n) is 3.50. The number of fused-ring (bicyclic) bond motifs is 1. The molecule has 2 heterocycles. The number of methoxy groups -OCH3 is 1. The van der Waals surface area contributed by atoms with Crippen molar-refractivity contribution in [2.45, 2.75) is 39.0 Å². The molecular weight excluding hydrogens is 390 g/mol. The molecule has 1 aliphatic carbocycles. The predicted molar refractivity (Wildman–Crippen MR) is 109 cm³/mol. The topological polar surface area (TPSA) is 94.3 Å². The van der Waals surface area contributed by atoms with Gasteiger partial charge in [0.2, 0.25) is 0 Å². The summed E-state index contributed by atoms with van der Waals surface area (Å²) in [5, 5.41) is 7.24. The number of aromatic nitrogens is 2. The number of thiophene rings is 1. The molecule has 7 nitrogen and oxygen atoms in total. The fourth-order valence-corrected chi connectivity index (χ4v) is 4.77. The minimum absolute atomic E-state index is 0.278. The van der Waals surface area contributed by atoms with Crippen LogP contribution in [0.1, 0.15) is 56.2 Å². The Bertz CT molecular complexity index is 1050. The molecule has 1 aromatic carbocycles. The molecule has 1 amide bonds. The van der Waals surface area contributed by atoms with Crippen LogP contribution in [-0.4, -0.2) is 29.1 Å². The molecule has 150 valence electrons. The third-order valence-corrected chi connectivity index (χ3v) is 6.17. The lowest BCUT2D eigenvalue weighted by atomic mass is 10.1. The molecular formula is C21H21N3O4S. The fraction of sp³-hybridized carbons (Fsp3) is 0.333. The lowest BCUT2D eigenvalue weighted by molar-refractivity contribution is 0.0601. The third kappa shape index (κ3) is 3.93. The van der Waals surface area contributed by atoms with Gasteiger partial charge in [0.15, 0.2) is 5.82 Å². The number of nitrogens with zero attached hydrogens (tertiary/aromatic N) is 2. The molecule has 2 aromatic heterocycles. The molecule has 0 unspecified atom stereocenters. The highest BCUT2D eigenvalue weighted by molar-refractivity contribution is 7.17. The van der Waals surface area contributed by atoms with Gasteiger partial charge in [-0.1, -0.05) is 11.6 Å². The highest BCUT2D eigenvalue weighted by Crippen LogP contribution is 2.38. The molecule has 0 saturated carbocycles. The number of aryl methyl sites for hydroxylation is 2. The van der Waals surface area contributed by atoms with E-state index in [2.05, 4.69) is 15.5 Å².